The average Bonchev–Trinajstić information content (AvgIpc) is 2.79. The van der Waals surface area contributed by atoms with E-state index in [1.165, 1.54) is 0 Å². The number of aromatic amines is 1. The van der Waals surface area contributed by atoms with Gasteiger partial charge in [-0.2, -0.15) is 5.10 Å². The average molecular weight is 307 g/mol. The molecule has 5 nitrogen and oxygen atoms in total. The van der Waals surface area contributed by atoms with Crippen molar-refractivity contribution in [2.75, 3.05) is 0 Å². The fourth-order valence-electron chi connectivity index (χ4n) is 1.84. The van der Waals surface area contributed by atoms with Gasteiger partial charge in [0, 0.05) is 34.5 Å². The number of hydrogen-bond acceptors (Lipinski definition) is 3. The SMILES string of the molecule is Cc1[nH]ncc1CNC(=O)c1cc(Cl)nc(C(C)(C)C)c1. The van der Waals surface area contributed by atoms with Gasteiger partial charge in [-0.1, -0.05) is 32.4 Å². The van der Waals surface area contributed by atoms with Gasteiger partial charge in [0.25, 0.3) is 5.91 Å². The van der Waals surface area contributed by atoms with E-state index in [0.717, 1.165) is 17.0 Å². The third-order valence-corrected chi connectivity index (χ3v) is 3.39. The number of nitrogens with one attached hydrogen (secondary N) is 2. The molecule has 2 aromatic heterocycles. The molecule has 0 aliphatic carbocycles. The van der Waals surface area contributed by atoms with Gasteiger partial charge in [0.1, 0.15) is 5.15 Å². The van der Waals surface area contributed by atoms with E-state index >= 15 is 0 Å². The highest BCUT2D eigenvalue weighted by Crippen LogP contribution is 2.23. The van der Waals surface area contributed by atoms with Gasteiger partial charge >= 0.3 is 0 Å². The van der Waals surface area contributed by atoms with Crippen molar-refractivity contribution >= 4 is 17.5 Å². The van der Waals surface area contributed by atoms with Crippen LogP contribution in [0.3, 0.4) is 0 Å². The minimum atomic E-state index is -0.176. The lowest BCUT2D eigenvalue weighted by Crippen LogP contribution is -2.24. The molecule has 2 N–H and O–H groups in total. The smallest absolute Gasteiger partial charge is 0.251 e. The van der Waals surface area contributed by atoms with Gasteiger partial charge in [0.15, 0.2) is 0 Å². The molecule has 0 unspecified atom stereocenters. The van der Waals surface area contributed by atoms with Crippen LogP contribution in [0, 0.1) is 6.92 Å². The molecule has 112 valence electrons. The molecular formula is C15H19ClN4O. The summed E-state index contributed by atoms with van der Waals surface area (Å²) in [5, 5.41) is 9.95. The van der Waals surface area contributed by atoms with E-state index in [9.17, 15) is 4.79 Å². The molecule has 2 rings (SSSR count). The monoisotopic (exact) mass is 306 g/mol. The van der Waals surface area contributed by atoms with Crippen LogP contribution in [0.4, 0.5) is 0 Å². The van der Waals surface area contributed by atoms with E-state index in [0.29, 0.717) is 17.3 Å². The minimum absolute atomic E-state index is 0.166. The molecule has 0 saturated heterocycles. The third kappa shape index (κ3) is 3.82. The maximum absolute atomic E-state index is 12.3. The first kappa shape index (κ1) is 15.5. The Morgan fingerprint density at radius 1 is 1.38 bits per heavy atom. The number of pyridine rings is 1. The number of aryl methyl sites for hydroxylation is 1. The van der Waals surface area contributed by atoms with Crippen LogP contribution in [0.2, 0.25) is 5.15 Å². The van der Waals surface area contributed by atoms with Crippen molar-refractivity contribution in [1.29, 1.82) is 0 Å². The number of halogens is 1. The predicted molar refractivity (Wildman–Crippen MR) is 82.4 cm³/mol. The number of hydrogen-bond donors (Lipinski definition) is 2. The zero-order valence-electron chi connectivity index (χ0n) is 12.6. The van der Waals surface area contributed by atoms with Crippen LogP contribution in [0.15, 0.2) is 18.3 Å². The fraction of sp³-hybridized carbons (Fsp3) is 0.400. The summed E-state index contributed by atoms with van der Waals surface area (Å²) in [7, 11) is 0. The second kappa shape index (κ2) is 5.85. The molecule has 2 aromatic rings. The number of rotatable bonds is 3. The fourth-order valence-corrected chi connectivity index (χ4v) is 2.05. The van der Waals surface area contributed by atoms with Gasteiger partial charge < -0.3 is 5.32 Å². The molecule has 0 aliphatic heterocycles. The summed E-state index contributed by atoms with van der Waals surface area (Å²) in [6.45, 7) is 8.42. The lowest BCUT2D eigenvalue weighted by Gasteiger charge is -2.18. The standard InChI is InChI=1S/C15H19ClN4O/c1-9-11(8-18-20-9)7-17-14(21)10-5-12(15(2,3)4)19-13(16)6-10/h5-6,8H,7H2,1-4H3,(H,17,21)(H,18,20). The van der Waals surface area contributed by atoms with Crippen LogP contribution < -0.4 is 5.32 Å². The number of carbonyl (C=O) groups is 1. The van der Waals surface area contributed by atoms with Crippen molar-refractivity contribution in [2.24, 2.45) is 0 Å². The molecule has 0 aliphatic rings. The number of H-pyrrole nitrogens is 1. The van der Waals surface area contributed by atoms with Crippen LogP contribution in [-0.4, -0.2) is 21.1 Å². The number of carbonyl (C=O) groups excluding carboxylic acids is 1. The van der Waals surface area contributed by atoms with E-state index in [4.69, 9.17) is 11.6 Å². The first-order valence-electron chi connectivity index (χ1n) is 6.72. The van der Waals surface area contributed by atoms with Crippen molar-refractivity contribution in [3.8, 4) is 0 Å². The maximum atomic E-state index is 12.3. The molecule has 0 bridgehead atoms. The first-order chi connectivity index (χ1) is 9.77. The van der Waals surface area contributed by atoms with E-state index in [-0.39, 0.29) is 11.3 Å². The Morgan fingerprint density at radius 3 is 2.67 bits per heavy atom. The van der Waals surface area contributed by atoms with Crippen molar-refractivity contribution in [3.63, 3.8) is 0 Å². The third-order valence-electron chi connectivity index (χ3n) is 3.20. The summed E-state index contributed by atoms with van der Waals surface area (Å²) in [6, 6.07) is 3.36. The summed E-state index contributed by atoms with van der Waals surface area (Å²) in [6.07, 6.45) is 1.70. The second-order valence-corrected chi connectivity index (χ2v) is 6.40. The molecule has 0 fully saturated rings. The Balaban J connectivity index is 2.16. The van der Waals surface area contributed by atoms with Crippen molar-refractivity contribution in [2.45, 2.75) is 39.7 Å². The van der Waals surface area contributed by atoms with E-state index in [2.05, 4.69) is 20.5 Å². The van der Waals surface area contributed by atoms with E-state index < -0.39 is 0 Å². The van der Waals surface area contributed by atoms with Gasteiger partial charge in [-0.05, 0) is 19.1 Å². The Kier molecular flexibility index (Phi) is 4.32. The summed E-state index contributed by atoms with van der Waals surface area (Å²) in [5.41, 5.74) is 3.04. The summed E-state index contributed by atoms with van der Waals surface area (Å²) < 4.78 is 0. The first-order valence-corrected chi connectivity index (χ1v) is 7.10. The molecule has 0 saturated carbocycles. The lowest BCUT2D eigenvalue weighted by atomic mass is 9.91. The molecule has 6 heteroatoms. The zero-order chi connectivity index (χ0) is 15.6. The predicted octanol–water partition coefficient (Wildman–Crippen LogP) is 2.99. The van der Waals surface area contributed by atoms with Crippen molar-refractivity contribution in [1.82, 2.24) is 20.5 Å². The van der Waals surface area contributed by atoms with Gasteiger partial charge in [-0.3, -0.25) is 9.89 Å². The van der Waals surface area contributed by atoms with Gasteiger partial charge in [-0.15, -0.1) is 0 Å². The van der Waals surface area contributed by atoms with E-state index in [1.54, 1.807) is 18.3 Å². The zero-order valence-corrected chi connectivity index (χ0v) is 13.4. The summed E-state index contributed by atoms with van der Waals surface area (Å²) >= 11 is 6.02. The van der Waals surface area contributed by atoms with Crippen LogP contribution in [0.5, 0.6) is 0 Å². The largest absolute Gasteiger partial charge is 0.348 e. The number of amides is 1. The van der Waals surface area contributed by atoms with Crippen LogP contribution in [-0.2, 0) is 12.0 Å². The molecule has 0 spiro atoms. The molecule has 1 amide bonds. The van der Waals surface area contributed by atoms with Crippen molar-refractivity contribution < 1.29 is 4.79 Å². The van der Waals surface area contributed by atoms with Crippen molar-refractivity contribution in [3.05, 3.63) is 46.0 Å². The minimum Gasteiger partial charge on any atom is -0.348 e. The highest BCUT2D eigenvalue weighted by molar-refractivity contribution is 6.29. The molecule has 21 heavy (non-hydrogen) atoms. The van der Waals surface area contributed by atoms with Crippen LogP contribution in [0.25, 0.3) is 0 Å². The highest BCUT2D eigenvalue weighted by Gasteiger charge is 2.19. The number of aromatic nitrogens is 3. The van der Waals surface area contributed by atoms with Gasteiger partial charge in [0.2, 0.25) is 0 Å². The highest BCUT2D eigenvalue weighted by atomic mass is 35.5. The topological polar surface area (TPSA) is 70.7 Å². The molecule has 2 heterocycles. The molecule has 0 atom stereocenters. The Bertz CT molecular complexity index is 658. The quantitative estimate of drug-likeness (QED) is 0.856. The normalized spacial score (nSPS) is 11.5. The van der Waals surface area contributed by atoms with Crippen LogP contribution in [0.1, 0.15) is 48.1 Å². The Hall–Kier alpha value is -1.88. The molecule has 0 radical (unpaired) electrons. The lowest BCUT2D eigenvalue weighted by molar-refractivity contribution is 0.0950. The Morgan fingerprint density at radius 2 is 2.10 bits per heavy atom. The maximum Gasteiger partial charge on any atom is 0.251 e. The molecular weight excluding hydrogens is 288 g/mol. The molecule has 0 aromatic carbocycles. The second-order valence-electron chi connectivity index (χ2n) is 6.02. The van der Waals surface area contributed by atoms with Gasteiger partial charge in [0.05, 0.1) is 6.20 Å². The Labute approximate surface area is 129 Å². The summed E-state index contributed by atoms with van der Waals surface area (Å²) in [5.74, 6) is -0.176. The van der Waals surface area contributed by atoms with Crippen LogP contribution >= 0.6 is 11.6 Å². The summed E-state index contributed by atoms with van der Waals surface area (Å²) in [4.78, 5) is 16.5. The van der Waals surface area contributed by atoms with Gasteiger partial charge in [-0.25, -0.2) is 4.98 Å². The van der Waals surface area contributed by atoms with E-state index in [1.807, 2.05) is 27.7 Å². The number of nitrogens with zero attached hydrogens (tertiary/aromatic N) is 2.